The molecule has 1 aliphatic carbocycles. The predicted molar refractivity (Wildman–Crippen MR) is 90.4 cm³/mol. The molecule has 3 rings (SSSR count). The summed E-state index contributed by atoms with van der Waals surface area (Å²) < 4.78 is 13.9. The van der Waals surface area contributed by atoms with Gasteiger partial charge < -0.3 is 4.90 Å². The zero-order valence-corrected chi connectivity index (χ0v) is 14.8. The molecule has 124 valence electrons. The Hall–Kier alpha value is -1.63. The molecule has 2 atom stereocenters. The van der Waals surface area contributed by atoms with Gasteiger partial charge in [-0.05, 0) is 35.3 Å². The number of halogens is 1. The summed E-state index contributed by atoms with van der Waals surface area (Å²) in [5.41, 5.74) is 3.04. The van der Waals surface area contributed by atoms with Crippen LogP contribution in [0.2, 0.25) is 0 Å². The van der Waals surface area contributed by atoms with Crippen molar-refractivity contribution in [1.29, 1.82) is 5.26 Å². The largest absolute Gasteiger partial charge is 0.352 e. The average molecular weight is 315 g/mol. The third-order valence-electron chi connectivity index (χ3n) is 5.32. The number of aromatic nitrogens is 1. The van der Waals surface area contributed by atoms with E-state index in [4.69, 9.17) is 4.98 Å². The van der Waals surface area contributed by atoms with E-state index in [-0.39, 0.29) is 16.7 Å². The van der Waals surface area contributed by atoms with Crippen molar-refractivity contribution in [3.05, 3.63) is 22.9 Å². The average Bonchev–Trinajstić information content (AvgIpc) is 2.75. The molecule has 1 fully saturated rings. The Kier molecular flexibility index (Phi) is 3.66. The van der Waals surface area contributed by atoms with Crippen LogP contribution < -0.4 is 4.90 Å². The summed E-state index contributed by atoms with van der Waals surface area (Å²) in [6, 6.07) is 4.29. The number of alkyl halides is 1. The van der Waals surface area contributed by atoms with E-state index >= 15 is 0 Å². The molecule has 0 spiro atoms. The molecule has 1 aromatic rings. The van der Waals surface area contributed by atoms with Crippen molar-refractivity contribution in [3.63, 3.8) is 0 Å². The topological polar surface area (TPSA) is 39.9 Å². The van der Waals surface area contributed by atoms with Crippen LogP contribution in [-0.4, -0.2) is 24.2 Å². The van der Waals surface area contributed by atoms with Crippen LogP contribution in [0, 0.1) is 22.7 Å². The van der Waals surface area contributed by atoms with Crippen molar-refractivity contribution >= 4 is 5.82 Å². The third kappa shape index (κ3) is 2.82. The van der Waals surface area contributed by atoms with E-state index in [0.717, 1.165) is 18.5 Å². The molecule has 0 bridgehead atoms. The first-order valence-electron chi connectivity index (χ1n) is 8.46. The summed E-state index contributed by atoms with van der Waals surface area (Å²) in [6.45, 7) is 11.9. The zero-order chi connectivity index (χ0) is 17.0. The van der Waals surface area contributed by atoms with Gasteiger partial charge in [-0.15, -0.1) is 0 Å². The summed E-state index contributed by atoms with van der Waals surface area (Å²) in [4.78, 5) is 6.81. The molecule has 0 unspecified atom stereocenters. The number of nitriles is 1. The van der Waals surface area contributed by atoms with Gasteiger partial charge in [0.25, 0.3) is 0 Å². The van der Waals surface area contributed by atoms with Crippen molar-refractivity contribution in [1.82, 2.24) is 4.98 Å². The maximum atomic E-state index is 13.9. The van der Waals surface area contributed by atoms with Crippen LogP contribution in [0.15, 0.2) is 6.07 Å². The minimum Gasteiger partial charge on any atom is -0.352 e. The summed E-state index contributed by atoms with van der Waals surface area (Å²) in [6.07, 6.45) is 1.14. The summed E-state index contributed by atoms with van der Waals surface area (Å²) >= 11 is 0. The molecule has 2 heterocycles. The normalized spacial score (nSPS) is 28.3. The van der Waals surface area contributed by atoms with Gasteiger partial charge in [-0.3, -0.25) is 0 Å². The second kappa shape index (κ2) is 5.19. The van der Waals surface area contributed by atoms with Gasteiger partial charge in [0.1, 0.15) is 18.1 Å². The van der Waals surface area contributed by atoms with Gasteiger partial charge in [-0.2, -0.15) is 5.26 Å². The molecule has 1 aliphatic heterocycles. The van der Waals surface area contributed by atoms with Crippen LogP contribution in [0.3, 0.4) is 0 Å². The third-order valence-corrected chi connectivity index (χ3v) is 5.32. The molecule has 0 aromatic carbocycles. The van der Waals surface area contributed by atoms with Crippen LogP contribution in [0.4, 0.5) is 10.2 Å². The minimum absolute atomic E-state index is 0.00717. The lowest BCUT2D eigenvalue weighted by Crippen LogP contribution is -2.36. The quantitative estimate of drug-likeness (QED) is 0.786. The van der Waals surface area contributed by atoms with Crippen LogP contribution in [-0.2, 0) is 11.8 Å². The highest BCUT2D eigenvalue weighted by atomic mass is 19.1. The highest BCUT2D eigenvalue weighted by molar-refractivity contribution is 5.58. The molecule has 1 aromatic heterocycles. The number of nitrogens with zero attached hydrogens (tertiary/aromatic N) is 3. The Morgan fingerprint density at radius 2 is 2.00 bits per heavy atom. The predicted octanol–water partition coefficient (Wildman–Crippen LogP) is 4.00. The molecule has 0 saturated carbocycles. The van der Waals surface area contributed by atoms with E-state index in [1.54, 1.807) is 0 Å². The van der Waals surface area contributed by atoms with E-state index in [1.165, 1.54) is 5.56 Å². The number of hydrogen-bond acceptors (Lipinski definition) is 3. The SMILES string of the molecule is C[C@@H]1CN(c2nc3c(cc2C#N)C(C)(C)CC(C)(C)C3)C[C@@H]1F. The smallest absolute Gasteiger partial charge is 0.146 e. The first-order chi connectivity index (χ1) is 10.6. The highest BCUT2D eigenvalue weighted by Gasteiger charge is 2.40. The zero-order valence-electron chi connectivity index (χ0n) is 14.8. The van der Waals surface area contributed by atoms with Crippen molar-refractivity contribution in [3.8, 4) is 6.07 Å². The molecular formula is C19H26FN3. The van der Waals surface area contributed by atoms with Crippen LogP contribution >= 0.6 is 0 Å². The summed E-state index contributed by atoms with van der Waals surface area (Å²) in [7, 11) is 0. The van der Waals surface area contributed by atoms with E-state index < -0.39 is 6.17 Å². The number of rotatable bonds is 1. The first kappa shape index (κ1) is 16.2. The molecule has 0 amide bonds. The Balaban J connectivity index is 2.09. The molecule has 0 radical (unpaired) electrons. The fourth-order valence-corrected chi connectivity index (χ4v) is 4.49. The van der Waals surface area contributed by atoms with Crippen LogP contribution in [0.25, 0.3) is 0 Å². The van der Waals surface area contributed by atoms with Crippen molar-refractivity contribution < 1.29 is 4.39 Å². The number of fused-ring (bicyclic) bond motifs is 1. The monoisotopic (exact) mass is 315 g/mol. The second-order valence-corrected chi connectivity index (χ2v) is 8.77. The van der Waals surface area contributed by atoms with E-state index in [2.05, 4.69) is 33.8 Å². The number of hydrogen-bond donors (Lipinski definition) is 0. The van der Waals surface area contributed by atoms with E-state index in [0.29, 0.717) is 24.5 Å². The van der Waals surface area contributed by atoms with Crippen molar-refractivity contribution in [2.24, 2.45) is 11.3 Å². The van der Waals surface area contributed by atoms with Crippen molar-refractivity contribution in [2.75, 3.05) is 18.0 Å². The Morgan fingerprint density at radius 1 is 1.30 bits per heavy atom. The lowest BCUT2D eigenvalue weighted by Gasteiger charge is -2.42. The van der Waals surface area contributed by atoms with Crippen LogP contribution in [0.1, 0.15) is 57.9 Å². The van der Waals surface area contributed by atoms with Gasteiger partial charge in [-0.25, -0.2) is 9.37 Å². The van der Waals surface area contributed by atoms with Gasteiger partial charge >= 0.3 is 0 Å². The molecule has 3 nitrogen and oxygen atoms in total. The minimum atomic E-state index is -0.841. The molecular weight excluding hydrogens is 289 g/mol. The van der Waals surface area contributed by atoms with E-state index in [9.17, 15) is 9.65 Å². The fourth-order valence-electron chi connectivity index (χ4n) is 4.49. The standard InChI is InChI=1S/C19H26FN3/c1-12-9-23(10-15(12)20)17-13(8-21)6-14-16(22-17)7-18(2,3)11-19(14,4)5/h6,12,15H,7,9-11H2,1-5H3/t12-,15+/m1/s1. The Morgan fingerprint density at radius 3 is 2.57 bits per heavy atom. The Labute approximate surface area is 138 Å². The lowest BCUT2D eigenvalue weighted by atomic mass is 9.64. The van der Waals surface area contributed by atoms with Gasteiger partial charge in [0.05, 0.1) is 12.1 Å². The highest BCUT2D eigenvalue weighted by Crippen LogP contribution is 2.46. The second-order valence-electron chi connectivity index (χ2n) is 8.77. The molecule has 4 heteroatoms. The van der Waals surface area contributed by atoms with Gasteiger partial charge in [0, 0.05) is 18.2 Å². The van der Waals surface area contributed by atoms with Gasteiger partial charge in [0.15, 0.2) is 0 Å². The number of pyridine rings is 1. The van der Waals surface area contributed by atoms with Gasteiger partial charge in [0.2, 0.25) is 0 Å². The molecule has 2 aliphatic rings. The van der Waals surface area contributed by atoms with E-state index in [1.807, 2.05) is 17.9 Å². The van der Waals surface area contributed by atoms with Crippen molar-refractivity contribution in [2.45, 2.75) is 59.0 Å². The summed E-state index contributed by atoms with van der Waals surface area (Å²) in [5.74, 6) is 0.666. The molecule has 1 saturated heterocycles. The first-order valence-corrected chi connectivity index (χ1v) is 8.46. The molecule has 0 N–H and O–H groups in total. The lowest BCUT2D eigenvalue weighted by molar-refractivity contribution is 0.228. The maximum Gasteiger partial charge on any atom is 0.146 e. The maximum absolute atomic E-state index is 13.9. The molecule has 23 heavy (non-hydrogen) atoms. The number of anilines is 1. The summed E-state index contributed by atoms with van der Waals surface area (Å²) in [5, 5.41) is 9.57. The Bertz CT molecular complexity index is 662. The fraction of sp³-hybridized carbons (Fsp3) is 0.684. The van der Waals surface area contributed by atoms with Crippen LogP contribution in [0.5, 0.6) is 0 Å². The van der Waals surface area contributed by atoms with Gasteiger partial charge in [-0.1, -0.05) is 34.6 Å².